The van der Waals surface area contributed by atoms with Gasteiger partial charge in [-0.2, -0.15) is 0 Å². The predicted octanol–water partition coefficient (Wildman–Crippen LogP) is 2.34. The van der Waals surface area contributed by atoms with Gasteiger partial charge in [0.15, 0.2) is 0 Å². The average Bonchev–Trinajstić information content (AvgIpc) is 3.23. The Hall–Kier alpha value is -2.68. The van der Waals surface area contributed by atoms with Crippen LogP contribution in [0.15, 0.2) is 0 Å². The molecule has 2 aliphatic rings. The molecule has 4 heterocycles. The van der Waals surface area contributed by atoms with Crippen LogP contribution in [0.1, 0.15) is 76.4 Å². The monoisotopic (exact) mass is 442 g/mol. The minimum absolute atomic E-state index is 0.0392. The fraction of sp³-hybridized carbons (Fsp3) is 0.652. The van der Waals surface area contributed by atoms with Crippen molar-refractivity contribution in [1.82, 2.24) is 29.5 Å². The molecule has 9 nitrogen and oxygen atoms in total. The van der Waals surface area contributed by atoms with E-state index in [1.165, 1.54) is 26.4 Å². The summed E-state index contributed by atoms with van der Waals surface area (Å²) in [6, 6.07) is 0. The van der Waals surface area contributed by atoms with E-state index in [-0.39, 0.29) is 5.91 Å². The molecular formula is C23H34N6O3. The van der Waals surface area contributed by atoms with Gasteiger partial charge in [-0.3, -0.25) is 9.69 Å². The topological polar surface area (TPSA) is 96.4 Å². The zero-order valence-electron chi connectivity index (χ0n) is 19.4. The molecule has 1 fully saturated rings. The Balaban J connectivity index is 1.42. The Morgan fingerprint density at radius 3 is 2.56 bits per heavy atom. The maximum Gasteiger partial charge on any atom is 0.339 e. The molecule has 2 aromatic heterocycles. The maximum atomic E-state index is 13.3. The van der Waals surface area contributed by atoms with E-state index in [2.05, 4.69) is 24.6 Å². The molecule has 0 bridgehead atoms. The highest BCUT2D eigenvalue weighted by Crippen LogP contribution is 2.24. The molecule has 1 amide bonds. The number of piperazine rings is 1. The fourth-order valence-electron chi connectivity index (χ4n) is 4.87. The second-order valence-electron chi connectivity index (χ2n) is 8.78. The molecule has 32 heavy (non-hydrogen) atoms. The number of H-pyrrole nitrogens is 1. The number of ether oxygens (including phenoxy) is 1. The van der Waals surface area contributed by atoms with E-state index in [9.17, 15) is 9.59 Å². The highest BCUT2D eigenvalue weighted by atomic mass is 16.5. The standard InChI is InChI=1S/C23H34N6O3/c1-4-8-17-20(23(31)32-3)16(2)24-21(17)22(30)28-13-11-27(12-14-28)15-19-26-25-18-9-6-5-7-10-29(18)19/h24H,4-15H2,1-3H3. The van der Waals surface area contributed by atoms with Gasteiger partial charge >= 0.3 is 5.97 Å². The number of carbonyl (C=O) groups excluding carboxylic acids is 2. The van der Waals surface area contributed by atoms with Crippen molar-refractivity contribution >= 4 is 11.9 Å². The van der Waals surface area contributed by atoms with Crippen molar-refractivity contribution < 1.29 is 14.3 Å². The van der Waals surface area contributed by atoms with Crippen LogP contribution in [-0.2, 0) is 30.7 Å². The smallest absolute Gasteiger partial charge is 0.339 e. The molecule has 0 aromatic carbocycles. The summed E-state index contributed by atoms with van der Waals surface area (Å²) in [5, 5.41) is 8.85. The summed E-state index contributed by atoms with van der Waals surface area (Å²) in [5.74, 6) is 1.72. The van der Waals surface area contributed by atoms with Gasteiger partial charge in [0.05, 0.1) is 19.2 Å². The first kappa shape index (κ1) is 22.5. The van der Waals surface area contributed by atoms with Crippen molar-refractivity contribution in [3.8, 4) is 0 Å². The van der Waals surface area contributed by atoms with Crippen LogP contribution in [0.4, 0.5) is 0 Å². The molecule has 0 spiro atoms. The maximum absolute atomic E-state index is 13.3. The van der Waals surface area contributed by atoms with Gasteiger partial charge in [-0.05, 0) is 31.7 Å². The first-order valence-corrected chi connectivity index (χ1v) is 11.8. The summed E-state index contributed by atoms with van der Waals surface area (Å²) in [4.78, 5) is 33.0. The van der Waals surface area contributed by atoms with Gasteiger partial charge in [-0.15, -0.1) is 10.2 Å². The second-order valence-corrected chi connectivity index (χ2v) is 8.78. The number of aromatic nitrogens is 4. The number of carbonyl (C=O) groups is 2. The van der Waals surface area contributed by atoms with Crippen molar-refractivity contribution in [2.45, 2.75) is 65.5 Å². The lowest BCUT2D eigenvalue weighted by molar-refractivity contribution is 0.0599. The highest BCUT2D eigenvalue weighted by Gasteiger charge is 2.30. The Morgan fingerprint density at radius 1 is 1.06 bits per heavy atom. The summed E-state index contributed by atoms with van der Waals surface area (Å²) < 4.78 is 7.24. The molecular weight excluding hydrogens is 408 g/mol. The Kier molecular flexibility index (Phi) is 6.93. The zero-order chi connectivity index (χ0) is 22.7. The van der Waals surface area contributed by atoms with E-state index in [0.717, 1.165) is 56.2 Å². The van der Waals surface area contributed by atoms with Crippen LogP contribution in [-0.4, -0.2) is 74.7 Å². The van der Waals surface area contributed by atoms with Crippen molar-refractivity contribution in [1.29, 1.82) is 0 Å². The summed E-state index contributed by atoms with van der Waals surface area (Å²) >= 11 is 0. The Bertz CT molecular complexity index is 971. The fourth-order valence-corrected chi connectivity index (χ4v) is 4.87. The van der Waals surface area contributed by atoms with Crippen LogP contribution < -0.4 is 0 Å². The third-order valence-electron chi connectivity index (χ3n) is 6.61. The molecule has 0 radical (unpaired) electrons. The van der Waals surface area contributed by atoms with E-state index in [1.807, 2.05) is 18.7 Å². The highest BCUT2D eigenvalue weighted by molar-refractivity contribution is 6.00. The molecule has 0 aliphatic carbocycles. The Labute approximate surface area is 189 Å². The minimum Gasteiger partial charge on any atom is -0.465 e. The van der Waals surface area contributed by atoms with Gasteiger partial charge in [-0.1, -0.05) is 19.8 Å². The largest absolute Gasteiger partial charge is 0.465 e. The first-order valence-electron chi connectivity index (χ1n) is 11.8. The third-order valence-corrected chi connectivity index (χ3v) is 6.61. The number of nitrogens with one attached hydrogen (secondary N) is 1. The van der Waals surface area contributed by atoms with Crippen molar-refractivity contribution in [2.24, 2.45) is 0 Å². The first-order chi connectivity index (χ1) is 15.5. The van der Waals surface area contributed by atoms with E-state index < -0.39 is 5.97 Å². The normalized spacial score (nSPS) is 17.2. The summed E-state index contributed by atoms with van der Waals surface area (Å²) in [7, 11) is 1.37. The number of fused-ring (bicyclic) bond motifs is 1. The van der Waals surface area contributed by atoms with Crippen LogP contribution in [0.25, 0.3) is 0 Å². The number of hydrogen-bond donors (Lipinski definition) is 1. The number of amides is 1. The number of aromatic amines is 1. The molecule has 2 aromatic rings. The van der Waals surface area contributed by atoms with Crippen LogP contribution in [0.2, 0.25) is 0 Å². The number of rotatable bonds is 6. The molecule has 0 atom stereocenters. The van der Waals surface area contributed by atoms with Crippen LogP contribution in [0, 0.1) is 6.92 Å². The zero-order valence-corrected chi connectivity index (χ0v) is 19.4. The van der Waals surface area contributed by atoms with Crippen molar-refractivity contribution in [3.05, 3.63) is 34.2 Å². The van der Waals surface area contributed by atoms with E-state index in [4.69, 9.17) is 4.74 Å². The Morgan fingerprint density at radius 2 is 1.84 bits per heavy atom. The third kappa shape index (κ3) is 4.44. The number of methoxy groups -OCH3 is 1. The van der Waals surface area contributed by atoms with Crippen molar-refractivity contribution in [3.63, 3.8) is 0 Å². The molecule has 4 rings (SSSR count). The van der Waals surface area contributed by atoms with Gasteiger partial charge in [0.1, 0.15) is 17.3 Å². The van der Waals surface area contributed by atoms with Gasteiger partial charge in [0.2, 0.25) is 0 Å². The SMILES string of the molecule is CCCc1c(C(=O)N2CCN(Cc3nnc4n3CCCCC4)CC2)[nH]c(C)c1C(=O)OC. The van der Waals surface area contributed by atoms with E-state index >= 15 is 0 Å². The molecule has 2 aliphatic heterocycles. The van der Waals surface area contributed by atoms with E-state index in [0.29, 0.717) is 36.5 Å². The molecule has 9 heteroatoms. The molecule has 0 saturated carbocycles. The van der Waals surface area contributed by atoms with Crippen molar-refractivity contribution in [2.75, 3.05) is 33.3 Å². The number of hydrogen-bond acceptors (Lipinski definition) is 6. The summed E-state index contributed by atoms with van der Waals surface area (Å²) in [6.07, 6.45) is 6.14. The molecule has 174 valence electrons. The number of nitrogens with zero attached hydrogens (tertiary/aromatic N) is 5. The lowest BCUT2D eigenvalue weighted by Crippen LogP contribution is -2.48. The van der Waals surface area contributed by atoms with E-state index in [1.54, 1.807) is 0 Å². The predicted molar refractivity (Wildman–Crippen MR) is 120 cm³/mol. The van der Waals surface area contributed by atoms with Gasteiger partial charge < -0.3 is 19.2 Å². The summed E-state index contributed by atoms with van der Waals surface area (Å²) in [5.41, 5.74) is 2.50. The second kappa shape index (κ2) is 9.85. The van der Waals surface area contributed by atoms with Crippen LogP contribution >= 0.6 is 0 Å². The van der Waals surface area contributed by atoms with Gasteiger partial charge in [0, 0.05) is 44.8 Å². The lowest BCUT2D eigenvalue weighted by atomic mass is 10.0. The average molecular weight is 443 g/mol. The molecule has 1 saturated heterocycles. The van der Waals surface area contributed by atoms with Crippen LogP contribution in [0.3, 0.4) is 0 Å². The number of esters is 1. The van der Waals surface area contributed by atoms with Crippen LogP contribution in [0.5, 0.6) is 0 Å². The molecule has 0 unspecified atom stereocenters. The summed E-state index contributed by atoms with van der Waals surface area (Å²) in [6.45, 7) is 8.52. The van der Waals surface area contributed by atoms with Gasteiger partial charge in [-0.25, -0.2) is 4.79 Å². The molecule has 1 N–H and O–H groups in total. The quantitative estimate of drug-likeness (QED) is 0.690. The minimum atomic E-state index is -0.390. The number of aryl methyl sites for hydroxylation is 2. The van der Waals surface area contributed by atoms with Gasteiger partial charge in [0.25, 0.3) is 5.91 Å². The lowest BCUT2D eigenvalue weighted by Gasteiger charge is -2.34.